The van der Waals surface area contributed by atoms with Crippen molar-refractivity contribution in [2.75, 3.05) is 24.7 Å². The van der Waals surface area contributed by atoms with Crippen molar-refractivity contribution in [1.82, 2.24) is 25.1 Å². The maximum Gasteiger partial charge on any atom is 0.251 e. The van der Waals surface area contributed by atoms with Gasteiger partial charge in [-0.15, -0.1) is 0 Å². The van der Waals surface area contributed by atoms with E-state index in [2.05, 4.69) is 48.6 Å². The molecular weight excluding hydrogens is 428 g/mol. The molecule has 0 atom stereocenters. The van der Waals surface area contributed by atoms with E-state index in [0.717, 1.165) is 34.3 Å². The Morgan fingerprint density at radius 2 is 2.15 bits per heavy atom. The summed E-state index contributed by atoms with van der Waals surface area (Å²) in [5.74, 6) is 0.688. The van der Waals surface area contributed by atoms with Crippen LogP contribution in [0.25, 0.3) is 11.0 Å². The molecule has 0 aliphatic heterocycles. The third-order valence-electron chi connectivity index (χ3n) is 3.90. The van der Waals surface area contributed by atoms with Gasteiger partial charge in [0.25, 0.3) is 5.91 Å². The van der Waals surface area contributed by atoms with Gasteiger partial charge in [-0.1, -0.05) is 40.7 Å². The van der Waals surface area contributed by atoms with Gasteiger partial charge in [-0.25, -0.2) is 14.6 Å². The molecule has 0 fully saturated rings. The second-order valence-electron chi connectivity index (χ2n) is 5.86. The van der Waals surface area contributed by atoms with Crippen molar-refractivity contribution < 1.29 is 4.79 Å². The first-order valence-corrected chi connectivity index (χ1v) is 10.7. The van der Waals surface area contributed by atoms with Gasteiger partial charge in [-0.05, 0) is 30.9 Å². The van der Waals surface area contributed by atoms with Crippen molar-refractivity contribution in [3.8, 4) is 0 Å². The molecule has 3 rings (SSSR count). The van der Waals surface area contributed by atoms with E-state index in [0.29, 0.717) is 23.8 Å². The number of hydrogen-bond donors (Lipinski definition) is 2. The minimum absolute atomic E-state index is 0.113. The van der Waals surface area contributed by atoms with Gasteiger partial charge in [-0.3, -0.25) is 4.79 Å². The van der Waals surface area contributed by atoms with E-state index < -0.39 is 0 Å². The number of fused-ring (bicyclic) bond motifs is 1. The predicted octanol–water partition coefficient (Wildman–Crippen LogP) is 3.56. The maximum absolute atomic E-state index is 12.3. The van der Waals surface area contributed by atoms with Crippen LogP contribution in [-0.2, 0) is 6.54 Å². The van der Waals surface area contributed by atoms with Gasteiger partial charge in [0.1, 0.15) is 5.82 Å². The molecule has 7 nitrogen and oxygen atoms in total. The first-order chi connectivity index (χ1) is 13.1. The van der Waals surface area contributed by atoms with E-state index in [4.69, 9.17) is 0 Å². The lowest BCUT2D eigenvalue weighted by Gasteiger charge is -2.09. The summed E-state index contributed by atoms with van der Waals surface area (Å²) in [5.41, 5.74) is 1.39. The number of aromatic nitrogens is 4. The summed E-state index contributed by atoms with van der Waals surface area (Å²) in [7, 11) is 0. The Labute approximate surface area is 170 Å². The largest absolute Gasteiger partial charge is 0.369 e. The maximum atomic E-state index is 12.3. The summed E-state index contributed by atoms with van der Waals surface area (Å²) in [5, 5.41) is 12.3. The van der Waals surface area contributed by atoms with Crippen molar-refractivity contribution in [1.29, 1.82) is 0 Å². The van der Waals surface area contributed by atoms with Gasteiger partial charge in [0.2, 0.25) is 0 Å². The van der Waals surface area contributed by atoms with E-state index in [1.165, 1.54) is 11.8 Å². The number of benzene rings is 1. The Morgan fingerprint density at radius 3 is 2.89 bits per heavy atom. The second kappa shape index (κ2) is 9.18. The van der Waals surface area contributed by atoms with Crippen molar-refractivity contribution in [2.24, 2.45) is 0 Å². The molecule has 0 spiro atoms. The number of carbonyl (C=O) groups is 1. The molecule has 142 valence electrons. The molecule has 0 saturated carbocycles. The smallest absolute Gasteiger partial charge is 0.251 e. The molecule has 0 unspecified atom stereocenters. The number of hydrogen-bond acceptors (Lipinski definition) is 6. The number of rotatable bonds is 8. The third-order valence-corrected chi connectivity index (χ3v) is 4.94. The summed E-state index contributed by atoms with van der Waals surface area (Å²) in [6.45, 7) is 3.94. The monoisotopic (exact) mass is 448 g/mol. The number of thioether (sulfide) groups is 1. The van der Waals surface area contributed by atoms with Gasteiger partial charge in [-0.2, -0.15) is 5.10 Å². The van der Waals surface area contributed by atoms with Gasteiger partial charge >= 0.3 is 0 Å². The summed E-state index contributed by atoms with van der Waals surface area (Å²) >= 11 is 4.87. The standard InChI is InChI=1S/C18H21BrN6OS/c1-3-7-20-15-14-11-22-25(16(14)24-18(23-15)27-2)9-8-21-17(26)12-5-4-6-13(19)10-12/h4-6,10-11H,3,7-9H2,1-2H3,(H,21,26)(H,20,23,24). The minimum atomic E-state index is -0.113. The van der Waals surface area contributed by atoms with Gasteiger partial charge in [0.15, 0.2) is 10.8 Å². The number of halogens is 1. The van der Waals surface area contributed by atoms with Crippen LogP contribution in [0.1, 0.15) is 23.7 Å². The summed E-state index contributed by atoms with van der Waals surface area (Å²) in [6, 6.07) is 7.31. The van der Waals surface area contributed by atoms with E-state index in [-0.39, 0.29) is 5.91 Å². The lowest BCUT2D eigenvalue weighted by molar-refractivity contribution is 0.0952. The molecular formula is C18H21BrN6OS. The van der Waals surface area contributed by atoms with Crippen LogP contribution in [-0.4, -0.2) is 45.0 Å². The van der Waals surface area contributed by atoms with Crippen molar-refractivity contribution in [3.63, 3.8) is 0 Å². The topological polar surface area (TPSA) is 84.7 Å². The van der Waals surface area contributed by atoms with Crippen molar-refractivity contribution in [3.05, 3.63) is 40.5 Å². The fraction of sp³-hybridized carbons (Fsp3) is 0.333. The van der Waals surface area contributed by atoms with Crippen LogP contribution in [0.4, 0.5) is 5.82 Å². The van der Waals surface area contributed by atoms with Crippen molar-refractivity contribution in [2.45, 2.75) is 25.0 Å². The fourth-order valence-corrected chi connectivity index (χ4v) is 3.34. The lowest BCUT2D eigenvalue weighted by Crippen LogP contribution is -2.27. The Hall–Kier alpha value is -2.13. The van der Waals surface area contributed by atoms with Gasteiger partial charge in [0, 0.05) is 23.1 Å². The van der Waals surface area contributed by atoms with E-state index in [1.807, 2.05) is 18.4 Å². The Kier molecular flexibility index (Phi) is 6.68. The molecule has 0 saturated heterocycles. The zero-order valence-electron chi connectivity index (χ0n) is 15.2. The highest BCUT2D eigenvalue weighted by Gasteiger charge is 2.13. The highest BCUT2D eigenvalue weighted by atomic mass is 79.9. The Bertz CT molecular complexity index is 945. The molecule has 3 aromatic rings. The molecule has 2 aromatic heterocycles. The first-order valence-electron chi connectivity index (χ1n) is 8.67. The van der Waals surface area contributed by atoms with Crippen LogP contribution >= 0.6 is 27.7 Å². The number of carbonyl (C=O) groups excluding carboxylic acids is 1. The quantitative estimate of drug-likeness (QED) is 0.404. The van der Waals surface area contributed by atoms with Crippen LogP contribution in [0.15, 0.2) is 40.1 Å². The summed E-state index contributed by atoms with van der Waals surface area (Å²) in [6.07, 6.45) is 4.73. The molecule has 1 amide bonds. The van der Waals surface area contributed by atoms with E-state index >= 15 is 0 Å². The third kappa shape index (κ3) is 4.78. The van der Waals surface area contributed by atoms with Gasteiger partial charge < -0.3 is 10.6 Å². The average molecular weight is 449 g/mol. The SMILES string of the molecule is CCCNc1nc(SC)nc2c1cnn2CCNC(=O)c1cccc(Br)c1. The molecule has 9 heteroatoms. The molecule has 1 aromatic carbocycles. The number of nitrogens with zero attached hydrogens (tertiary/aromatic N) is 4. The van der Waals surface area contributed by atoms with Crippen LogP contribution in [0, 0.1) is 0 Å². The van der Waals surface area contributed by atoms with E-state index in [1.54, 1.807) is 23.0 Å². The summed E-state index contributed by atoms with van der Waals surface area (Å²) < 4.78 is 2.68. The second-order valence-corrected chi connectivity index (χ2v) is 7.55. The first kappa shape index (κ1) is 19.6. The number of anilines is 1. The number of nitrogens with one attached hydrogen (secondary N) is 2. The van der Waals surface area contributed by atoms with Crippen molar-refractivity contribution >= 4 is 50.5 Å². The predicted molar refractivity (Wildman–Crippen MR) is 112 cm³/mol. The average Bonchev–Trinajstić information content (AvgIpc) is 3.09. The van der Waals surface area contributed by atoms with Gasteiger partial charge in [0.05, 0.1) is 18.1 Å². The highest BCUT2D eigenvalue weighted by Crippen LogP contribution is 2.23. The molecule has 2 heterocycles. The highest BCUT2D eigenvalue weighted by molar-refractivity contribution is 9.10. The molecule has 2 N–H and O–H groups in total. The Morgan fingerprint density at radius 1 is 1.30 bits per heavy atom. The molecule has 27 heavy (non-hydrogen) atoms. The Balaban J connectivity index is 1.72. The van der Waals surface area contributed by atoms with Crippen LogP contribution in [0.5, 0.6) is 0 Å². The number of amides is 1. The molecule has 0 aliphatic rings. The van der Waals surface area contributed by atoms with Crippen LogP contribution < -0.4 is 10.6 Å². The summed E-state index contributed by atoms with van der Waals surface area (Å²) in [4.78, 5) is 21.4. The lowest BCUT2D eigenvalue weighted by atomic mass is 10.2. The van der Waals surface area contributed by atoms with E-state index in [9.17, 15) is 4.79 Å². The minimum Gasteiger partial charge on any atom is -0.369 e. The fourth-order valence-electron chi connectivity index (χ4n) is 2.58. The van der Waals surface area contributed by atoms with Crippen LogP contribution in [0.3, 0.4) is 0 Å². The zero-order chi connectivity index (χ0) is 19.2. The van der Waals surface area contributed by atoms with Crippen LogP contribution in [0.2, 0.25) is 0 Å². The normalized spacial score (nSPS) is 10.9. The molecule has 0 bridgehead atoms. The zero-order valence-corrected chi connectivity index (χ0v) is 17.6. The molecule has 0 radical (unpaired) electrons. The molecule has 0 aliphatic carbocycles.